The van der Waals surface area contributed by atoms with Crippen molar-refractivity contribution in [2.24, 2.45) is 4.99 Å². The average molecular weight is 568 g/mol. The topological polar surface area (TPSA) is 87.2 Å². The molecule has 1 aliphatic heterocycles. The van der Waals surface area contributed by atoms with Crippen LogP contribution < -0.4 is 16.0 Å². The Bertz CT molecular complexity index is 686. The third-order valence-corrected chi connectivity index (χ3v) is 5.56. The molecule has 0 spiro atoms. The van der Waals surface area contributed by atoms with E-state index >= 15 is 0 Å². The van der Waals surface area contributed by atoms with Crippen molar-refractivity contribution < 1.29 is 14.3 Å². The molecular weight excluding hydrogens is 529 g/mol. The number of thiophene rings is 1. The minimum Gasteiger partial charge on any atom is -0.444 e. The fourth-order valence-corrected chi connectivity index (χ4v) is 3.98. The molecule has 8 nitrogen and oxygen atoms in total. The van der Waals surface area contributed by atoms with Crippen LogP contribution >= 0.6 is 35.3 Å². The standard InChI is InChI=1S/C21H37N5O3S.HI/c1-20(2,3)29-19(27)25-21(4,5)15-24-18(22-6)23-14-16(17-8-7-13-30-17)26-9-11-28-12-10-26;/h7-8,13,16H,9-12,14-15H2,1-6H3,(H,25,27)(H2,22,23,24);1H. The number of amides is 1. The van der Waals surface area contributed by atoms with Crippen molar-refractivity contribution in [3.05, 3.63) is 22.4 Å². The number of carbonyl (C=O) groups is 1. The van der Waals surface area contributed by atoms with E-state index < -0.39 is 17.2 Å². The second-order valence-electron chi connectivity index (χ2n) is 9.00. The highest BCUT2D eigenvalue weighted by Gasteiger charge is 2.26. The van der Waals surface area contributed by atoms with Crippen LogP contribution in [0.2, 0.25) is 0 Å². The number of nitrogens with zero attached hydrogens (tertiary/aromatic N) is 2. The Morgan fingerprint density at radius 3 is 2.48 bits per heavy atom. The van der Waals surface area contributed by atoms with Gasteiger partial charge in [0.25, 0.3) is 0 Å². The maximum Gasteiger partial charge on any atom is 0.408 e. The Labute approximate surface area is 207 Å². The largest absolute Gasteiger partial charge is 0.444 e. The predicted molar refractivity (Wildman–Crippen MR) is 138 cm³/mol. The zero-order valence-electron chi connectivity index (χ0n) is 19.5. The van der Waals surface area contributed by atoms with Gasteiger partial charge in [0, 0.05) is 38.1 Å². The molecule has 1 unspecified atom stereocenters. The number of nitrogens with one attached hydrogen (secondary N) is 3. The lowest BCUT2D eigenvalue weighted by atomic mass is 10.1. The summed E-state index contributed by atoms with van der Waals surface area (Å²) in [7, 11) is 1.75. The number of hydrogen-bond donors (Lipinski definition) is 3. The van der Waals surface area contributed by atoms with Crippen LogP contribution in [0.1, 0.15) is 45.5 Å². The van der Waals surface area contributed by atoms with Crippen molar-refractivity contribution in [2.75, 3.05) is 46.4 Å². The van der Waals surface area contributed by atoms with Crippen molar-refractivity contribution in [1.82, 2.24) is 20.9 Å². The van der Waals surface area contributed by atoms with E-state index in [1.165, 1.54) is 4.88 Å². The summed E-state index contributed by atoms with van der Waals surface area (Å²) >= 11 is 1.77. The Morgan fingerprint density at radius 2 is 1.94 bits per heavy atom. The monoisotopic (exact) mass is 567 g/mol. The molecule has 3 N–H and O–H groups in total. The summed E-state index contributed by atoms with van der Waals surface area (Å²) in [6, 6.07) is 4.53. The molecule has 2 heterocycles. The molecule has 1 saturated heterocycles. The van der Waals surface area contributed by atoms with Crippen LogP contribution in [0, 0.1) is 0 Å². The molecule has 178 valence electrons. The molecule has 2 rings (SSSR count). The van der Waals surface area contributed by atoms with E-state index in [4.69, 9.17) is 9.47 Å². The summed E-state index contributed by atoms with van der Waals surface area (Å²) in [6.07, 6.45) is -0.428. The molecule has 0 aromatic carbocycles. The maximum absolute atomic E-state index is 12.1. The lowest BCUT2D eigenvalue weighted by Gasteiger charge is -2.34. The third-order valence-electron chi connectivity index (χ3n) is 4.58. The van der Waals surface area contributed by atoms with Crippen LogP contribution in [-0.4, -0.2) is 74.5 Å². The molecule has 1 fully saturated rings. The number of ether oxygens (including phenoxy) is 2. The fourth-order valence-electron chi connectivity index (χ4n) is 3.12. The van der Waals surface area contributed by atoms with E-state index in [2.05, 4.69) is 43.4 Å². The lowest BCUT2D eigenvalue weighted by Crippen LogP contribution is -2.54. The van der Waals surface area contributed by atoms with Crippen molar-refractivity contribution in [1.29, 1.82) is 0 Å². The smallest absolute Gasteiger partial charge is 0.408 e. The molecule has 1 aliphatic rings. The number of guanidine groups is 1. The number of aliphatic imine (C=N–C) groups is 1. The van der Waals surface area contributed by atoms with Crippen LogP contribution in [-0.2, 0) is 9.47 Å². The van der Waals surface area contributed by atoms with Crippen LogP contribution in [0.25, 0.3) is 0 Å². The first-order valence-electron chi connectivity index (χ1n) is 10.4. The van der Waals surface area contributed by atoms with Gasteiger partial charge < -0.3 is 25.4 Å². The first-order chi connectivity index (χ1) is 14.1. The summed E-state index contributed by atoms with van der Waals surface area (Å²) in [6.45, 7) is 14.0. The van der Waals surface area contributed by atoms with Gasteiger partial charge in [-0.05, 0) is 46.1 Å². The van der Waals surface area contributed by atoms with Gasteiger partial charge in [-0.1, -0.05) is 6.07 Å². The predicted octanol–water partition coefficient (Wildman–Crippen LogP) is 3.21. The molecule has 10 heteroatoms. The van der Waals surface area contributed by atoms with Crippen LogP contribution in [0.4, 0.5) is 4.79 Å². The summed E-state index contributed by atoms with van der Waals surface area (Å²) in [4.78, 5) is 20.2. The SMILES string of the molecule is CN=C(NCC(c1cccs1)N1CCOCC1)NCC(C)(C)NC(=O)OC(C)(C)C.I. The number of hydrogen-bond acceptors (Lipinski definition) is 6. The molecule has 0 saturated carbocycles. The summed E-state index contributed by atoms with van der Waals surface area (Å²) in [5.41, 5.74) is -1.03. The second kappa shape index (κ2) is 12.8. The molecule has 0 radical (unpaired) electrons. The maximum atomic E-state index is 12.1. The van der Waals surface area contributed by atoms with E-state index in [9.17, 15) is 4.79 Å². The second-order valence-corrected chi connectivity index (χ2v) is 9.98. The third kappa shape index (κ3) is 10.4. The Morgan fingerprint density at radius 1 is 1.26 bits per heavy atom. The average Bonchev–Trinajstić information content (AvgIpc) is 3.17. The van der Waals surface area contributed by atoms with Gasteiger partial charge >= 0.3 is 6.09 Å². The normalized spacial score (nSPS) is 16.8. The van der Waals surface area contributed by atoms with Crippen molar-refractivity contribution >= 4 is 47.4 Å². The molecule has 0 bridgehead atoms. The summed E-state index contributed by atoms with van der Waals surface area (Å²) in [5.74, 6) is 0.698. The van der Waals surface area contributed by atoms with Gasteiger partial charge in [-0.25, -0.2) is 4.79 Å². The van der Waals surface area contributed by atoms with E-state index in [-0.39, 0.29) is 30.0 Å². The van der Waals surface area contributed by atoms with Crippen LogP contribution in [0.15, 0.2) is 22.5 Å². The van der Waals surface area contributed by atoms with Gasteiger partial charge in [-0.3, -0.25) is 9.89 Å². The Balaban J connectivity index is 0.00000480. The van der Waals surface area contributed by atoms with Crippen molar-refractivity contribution in [3.63, 3.8) is 0 Å². The van der Waals surface area contributed by atoms with Gasteiger partial charge in [0.05, 0.1) is 24.8 Å². The van der Waals surface area contributed by atoms with E-state index in [1.54, 1.807) is 18.4 Å². The highest BCUT2D eigenvalue weighted by molar-refractivity contribution is 14.0. The van der Waals surface area contributed by atoms with Crippen molar-refractivity contribution in [3.8, 4) is 0 Å². The van der Waals surface area contributed by atoms with Crippen LogP contribution in [0.5, 0.6) is 0 Å². The number of carbonyl (C=O) groups excluding carboxylic acids is 1. The quantitative estimate of drug-likeness (QED) is 0.267. The molecular formula is C21H38IN5O3S. The van der Waals surface area contributed by atoms with E-state index in [1.807, 2.05) is 34.6 Å². The summed E-state index contributed by atoms with van der Waals surface area (Å²) < 4.78 is 10.9. The highest BCUT2D eigenvalue weighted by atomic mass is 127. The highest BCUT2D eigenvalue weighted by Crippen LogP contribution is 2.25. The fraction of sp³-hybridized carbons (Fsp3) is 0.714. The zero-order chi connectivity index (χ0) is 22.2. The van der Waals surface area contributed by atoms with E-state index in [0.29, 0.717) is 12.5 Å². The van der Waals surface area contributed by atoms with Gasteiger partial charge in [0.1, 0.15) is 5.60 Å². The molecule has 1 aromatic rings. The van der Waals surface area contributed by atoms with Gasteiger partial charge in [-0.2, -0.15) is 0 Å². The molecule has 31 heavy (non-hydrogen) atoms. The van der Waals surface area contributed by atoms with E-state index in [0.717, 1.165) is 32.8 Å². The van der Waals surface area contributed by atoms with Gasteiger partial charge in [-0.15, -0.1) is 35.3 Å². The van der Waals surface area contributed by atoms with Gasteiger partial charge in [0.2, 0.25) is 0 Å². The minimum absolute atomic E-state index is 0. The number of alkyl carbamates (subject to hydrolysis) is 1. The Hall–Kier alpha value is -1.11. The number of rotatable bonds is 7. The summed E-state index contributed by atoms with van der Waals surface area (Å²) in [5, 5.41) is 11.8. The molecule has 1 atom stereocenters. The molecule has 0 aliphatic carbocycles. The number of halogens is 1. The molecule has 1 aromatic heterocycles. The Kier molecular flexibility index (Phi) is 11.5. The number of morpholine rings is 1. The molecule has 1 amide bonds. The minimum atomic E-state index is -0.526. The first kappa shape index (κ1) is 27.9. The zero-order valence-corrected chi connectivity index (χ0v) is 22.6. The van der Waals surface area contributed by atoms with Crippen LogP contribution in [0.3, 0.4) is 0 Å². The van der Waals surface area contributed by atoms with Gasteiger partial charge in [0.15, 0.2) is 5.96 Å². The lowest BCUT2D eigenvalue weighted by molar-refractivity contribution is 0.0177. The van der Waals surface area contributed by atoms with Crippen molar-refractivity contribution in [2.45, 2.75) is 51.8 Å². The first-order valence-corrected chi connectivity index (χ1v) is 11.3.